The van der Waals surface area contributed by atoms with Crippen molar-refractivity contribution in [1.82, 2.24) is 20.2 Å². The summed E-state index contributed by atoms with van der Waals surface area (Å²) in [6, 6.07) is 9.58. The van der Waals surface area contributed by atoms with E-state index in [1.807, 2.05) is 54.2 Å². The molecular weight excluding hydrogens is 404 g/mol. The molecule has 30 heavy (non-hydrogen) atoms. The fourth-order valence-electron chi connectivity index (χ4n) is 3.80. The van der Waals surface area contributed by atoms with Crippen LogP contribution >= 0.6 is 12.4 Å². The first-order valence-electron chi connectivity index (χ1n) is 9.39. The van der Waals surface area contributed by atoms with Gasteiger partial charge in [0.1, 0.15) is 0 Å². The molecule has 2 amide bonds. The lowest BCUT2D eigenvalue weighted by Gasteiger charge is -2.14. The van der Waals surface area contributed by atoms with E-state index >= 15 is 0 Å². The fraction of sp³-hybridized carbons (Fsp3) is 0.227. The van der Waals surface area contributed by atoms with Crippen molar-refractivity contribution < 1.29 is 14.3 Å². The van der Waals surface area contributed by atoms with Gasteiger partial charge in [-0.15, -0.1) is 12.4 Å². The zero-order valence-corrected chi connectivity index (χ0v) is 17.8. The highest BCUT2D eigenvalue weighted by atomic mass is 35.5. The molecular formula is C22H23ClN4O3. The number of aromatic nitrogens is 2. The number of halogens is 1. The Morgan fingerprint density at radius 1 is 1.13 bits per heavy atom. The summed E-state index contributed by atoms with van der Waals surface area (Å²) in [5, 5.41) is 9.06. The van der Waals surface area contributed by atoms with Crippen molar-refractivity contribution >= 4 is 57.0 Å². The summed E-state index contributed by atoms with van der Waals surface area (Å²) in [6.45, 7) is 3.14. The Kier molecular flexibility index (Phi) is 6.12. The van der Waals surface area contributed by atoms with E-state index in [2.05, 4.69) is 10.6 Å². The van der Waals surface area contributed by atoms with Crippen molar-refractivity contribution in [3.05, 3.63) is 53.9 Å². The molecule has 0 radical (unpaired) electrons. The molecule has 0 saturated carbocycles. The molecule has 0 bridgehead atoms. The standard InChI is InChI=1S/C22H22N4O3.ClH/c1-13-16-12-26(11-9-24-22(28)23-2)10-8-14(16)19(21(27)29-3)20-18(13)15-6-4-5-7-17(15)25-20;/h4-8,10,12H,9,11H2,1-3H3,(H2,23,24,28);1H. The van der Waals surface area contributed by atoms with E-state index in [0.717, 1.165) is 32.6 Å². The zero-order valence-electron chi connectivity index (χ0n) is 17.0. The summed E-state index contributed by atoms with van der Waals surface area (Å²) in [5.74, 6) is -0.401. The van der Waals surface area contributed by atoms with Gasteiger partial charge in [0.15, 0.2) is 0 Å². The second-order valence-electron chi connectivity index (χ2n) is 6.86. The van der Waals surface area contributed by atoms with Crippen molar-refractivity contribution in [2.24, 2.45) is 0 Å². The average Bonchev–Trinajstić information content (AvgIpc) is 3.13. The number of benzene rings is 2. The summed E-state index contributed by atoms with van der Waals surface area (Å²) in [4.78, 5) is 28.8. The first kappa shape index (κ1) is 21.4. The number of pyridine rings is 1. The molecule has 4 rings (SSSR count). The number of esters is 1. The molecule has 0 aliphatic heterocycles. The molecule has 8 heteroatoms. The number of aryl methyl sites for hydroxylation is 1. The van der Waals surface area contributed by atoms with Gasteiger partial charge in [-0.1, -0.05) is 18.2 Å². The van der Waals surface area contributed by atoms with Crippen LogP contribution in [0.15, 0.2) is 42.7 Å². The van der Waals surface area contributed by atoms with Gasteiger partial charge in [0.2, 0.25) is 0 Å². The summed E-state index contributed by atoms with van der Waals surface area (Å²) in [6.07, 6.45) is 3.90. The number of para-hydroxylation sites is 1. The monoisotopic (exact) mass is 426 g/mol. The number of carbonyl (C=O) groups excluding carboxylic acids is 2. The highest BCUT2D eigenvalue weighted by Gasteiger charge is 2.22. The number of urea groups is 1. The highest BCUT2D eigenvalue weighted by molar-refractivity contribution is 6.23. The lowest BCUT2D eigenvalue weighted by Crippen LogP contribution is -2.34. The molecule has 0 spiro atoms. The van der Waals surface area contributed by atoms with Crippen LogP contribution in [-0.4, -0.2) is 42.3 Å². The minimum atomic E-state index is -0.401. The van der Waals surface area contributed by atoms with Gasteiger partial charge in [0.25, 0.3) is 0 Å². The molecule has 0 saturated heterocycles. The van der Waals surface area contributed by atoms with Gasteiger partial charge in [0, 0.05) is 54.1 Å². The van der Waals surface area contributed by atoms with Gasteiger partial charge < -0.3 is 19.9 Å². The predicted octanol–water partition coefficient (Wildman–Crippen LogP) is 3.79. The van der Waals surface area contributed by atoms with Gasteiger partial charge in [-0.05, 0) is 24.6 Å². The number of nitrogens with one attached hydrogen (secondary N) is 2. The van der Waals surface area contributed by atoms with Crippen LogP contribution in [0.5, 0.6) is 0 Å². The van der Waals surface area contributed by atoms with Crippen molar-refractivity contribution in [1.29, 1.82) is 0 Å². The Hall–Kier alpha value is -3.32. The fourth-order valence-corrected chi connectivity index (χ4v) is 3.80. The topological polar surface area (TPSA) is 85.2 Å². The van der Waals surface area contributed by atoms with Gasteiger partial charge in [0.05, 0.1) is 23.7 Å². The van der Waals surface area contributed by atoms with Crippen LogP contribution in [0.1, 0.15) is 15.9 Å². The van der Waals surface area contributed by atoms with Crippen molar-refractivity contribution in [3.8, 4) is 0 Å². The number of ether oxygens (including phenoxy) is 1. The lowest BCUT2D eigenvalue weighted by atomic mass is 9.96. The molecule has 156 valence electrons. The van der Waals surface area contributed by atoms with E-state index in [9.17, 15) is 9.59 Å². The minimum Gasteiger partial charge on any atom is -0.465 e. The summed E-state index contributed by atoms with van der Waals surface area (Å²) < 4.78 is 7.08. The third-order valence-corrected chi connectivity index (χ3v) is 5.22. The summed E-state index contributed by atoms with van der Waals surface area (Å²) in [7, 11) is 2.97. The van der Waals surface area contributed by atoms with Crippen molar-refractivity contribution in [2.45, 2.75) is 13.5 Å². The van der Waals surface area contributed by atoms with E-state index in [1.165, 1.54) is 7.11 Å². The van der Waals surface area contributed by atoms with Gasteiger partial charge >= 0.3 is 12.0 Å². The number of hydrogen-bond acceptors (Lipinski definition) is 4. The number of hydrogen-bond donors (Lipinski definition) is 2. The molecule has 2 aromatic heterocycles. The SMILES string of the molecule is CNC(=O)NCCn1ccc2c(C(=O)OC)c3nc4ccccc4c3c(C)c2c1.Cl. The van der Waals surface area contributed by atoms with E-state index in [1.54, 1.807) is 7.05 Å². The van der Waals surface area contributed by atoms with Crippen LogP contribution in [0, 0.1) is 6.92 Å². The Labute approximate surface area is 179 Å². The van der Waals surface area contributed by atoms with E-state index < -0.39 is 5.97 Å². The number of carbonyl (C=O) groups is 2. The first-order valence-corrected chi connectivity index (χ1v) is 9.39. The van der Waals surface area contributed by atoms with E-state index in [4.69, 9.17) is 9.72 Å². The van der Waals surface area contributed by atoms with Crippen LogP contribution in [0.3, 0.4) is 0 Å². The van der Waals surface area contributed by atoms with E-state index in [0.29, 0.717) is 24.2 Å². The lowest BCUT2D eigenvalue weighted by molar-refractivity contribution is 0.0605. The van der Waals surface area contributed by atoms with Crippen LogP contribution < -0.4 is 10.6 Å². The Bertz CT molecular complexity index is 1270. The van der Waals surface area contributed by atoms with Crippen LogP contribution in [-0.2, 0) is 11.3 Å². The van der Waals surface area contributed by atoms with Crippen molar-refractivity contribution in [3.63, 3.8) is 0 Å². The largest absolute Gasteiger partial charge is 0.465 e. The zero-order chi connectivity index (χ0) is 20.5. The van der Waals surface area contributed by atoms with Crippen LogP contribution in [0.4, 0.5) is 4.79 Å². The van der Waals surface area contributed by atoms with Gasteiger partial charge in [-0.3, -0.25) is 0 Å². The quantitative estimate of drug-likeness (QED) is 0.486. The molecule has 7 nitrogen and oxygen atoms in total. The molecule has 0 aliphatic carbocycles. The summed E-state index contributed by atoms with van der Waals surface area (Å²) >= 11 is 0. The molecule has 0 atom stereocenters. The molecule has 0 aliphatic rings. The molecule has 2 N–H and O–H groups in total. The molecule has 2 aromatic carbocycles. The van der Waals surface area contributed by atoms with Crippen LogP contribution in [0.2, 0.25) is 0 Å². The first-order chi connectivity index (χ1) is 14.0. The highest BCUT2D eigenvalue weighted by Crippen LogP contribution is 2.37. The Morgan fingerprint density at radius 2 is 1.90 bits per heavy atom. The Balaban J connectivity index is 0.00000256. The van der Waals surface area contributed by atoms with E-state index in [-0.39, 0.29) is 18.4 Å². The third-order valence-electron chi connectivity index (χ3n) is 5.22. The predicted molar refractivity (Wildman–Crippen MR) is 121 cm³/mol. The molecule has 0 fully saturated rings. The number of nitrogens with zero attached hydrogens (tertiary/aromatic N) is 2. The molecule has 0 unspecified atom stereocenters. The second-order valence-corrected chi connectivity index (χ2v) is 6.86. The second kappa shape index (κ2) is 8.59. The van der Waals surface area contributed by atoms with Crippen LogP contribution in [0.25, 0.3) is 32.6 Å². The maximum Gasteiger partial charge on any atom is 0.340 e. The maximum absolute atomic E-state index is 12.7. The molecule has 2 heterocycles. The summed E-state index contributed by atoms with van der Waals surface area (Å²) in [5.41, 5.74) is 3.07. The van der Waals surface area contributed by atoms with Gasteiger partial charge in [-0.2, -0.15) is 0 Å². The minimum absolute atomic E-state index is 0. The van der Waals surface area contributed by atoms with Gasteiger partial charge in [-0.25, -0.2) is 14.6 Å². The number of methoxy groups -OCH3 is 1. The third kappa shape index (κ3) is 3.52. The molecule has 4 aromatic rings. The van der Waals surface area contributed by atoms with Crippen molar-refractivity contribution in [2.75, 3.05) is 20.7 Å². The maximum atomic E-state index is 12.7. The Morgan fingerprint density at radius 3 is 2.63 bits per heavy atom. The smallest absolute Gasteiger partial charge is 0.340 e. The number of rotatable bonds is 4. The number of fused-ring (bicyclic) bond motifs is 4. The number of amides is 2. The normalized spacial score (nSPS) is 10.8. The average molecular weight is 427 g/mol.